The topological polar surface area (TPSA) is 72.5 Å². The number of thioether (sulfide) groups is 1. The Hall–Kier alpha value is -0.260. The third-order valence-corrected chi connectivity index (χ3v) is 4.47. The van der Waals surface area contributed by atoms with Gasteiger partial charge in [-0.2, -0.15) is 11.8 Å². The summed E-state index contributed by atoms with van der Waals surface area (Å²) in [5, 5.41) is 8.89. The van der Waals surface area contributed by atoms with Crippen LogP contribution in [0.15, 0.2) is 0 Å². The first kappa shape index (κ1) is 13.8. The van der Waals surface area contributed by atoms with E-state index < -0.39 is 16.8 Å². The van der Waals surface area contributed by atoms with Crippen molar-refractivity contribution >= 4 is 17.7 Å². The van der Waals surface area contributed by atoms with Crippen LogP contribution in [0.3, 0.4) is 0 Å². The number of aliphatic carboxylic acids is 1. The van der Waals surface area contributed by atoms with Crippen LogP contribution < -0.4 is 5.73 Å². The largest absolute Gasteiger partial charge is 0.480 e. The zero-order valence-corrected chi connectivity index (χ0v) is 10.8. The van der Waals surface area contributed by atoms with E-state index in [2.05, 4.69) is 0 Å². The second-order valence-electron chi connectivity index (χ2n) is 4.72. The van der Waals surface area contributed by atoms with Crippen LogP contribution in [0.25, 0.3) is 0 Å². The molecule has 3 N–H and O–H groups in total. The SMILES string of the molecule is CC(C)(SCC1CCCCO1)[C@@H](N)C(=O)O. The highest BCUT2D eigenvalue weighted by molar-refractivity contribution is 8.00. The summed E-state index contributed by atoms with van der Waals surface area (Å²) in [7, 11) is 0. The van der Waals surface area contributed by atoms with Crippen LogP contribution in [-0.2, 0) is 9.53 Å². The summed E-state index contributed by atoms with van der Waals surface area (Å²) in [6, 6.07) is -0.832. The van der Waals surface area contributed by atoms with E-state index in [9.17, 15) is 4.79 Å². The molecule has 1 aliphatic rings. The molecule has 1 unspecified atom stereocenters. The van der Waals surface area contributed by atoms with Crippen molar-refractivity contribution in [2.45, 2.75) is 50.0 Å². The average molecular weight is 247 g/mol. The molecule has 0 aliphatic carbocycles. The number of carboxylic acids is 1. The van der Waals surface area contributed by atoms with Crippen molar-refractivity contribution in [2.24, 2.45) is 5.73 Å². The van der Waals surface area contributed by atoms with Crippen molar-refractivity contribution in [3.05, 3.63) is 0 Å². The van der Waals surface area contributed by atoms with Crippen LogP contribution in [0.5, 0.6) is 0 Å². The molecule has 4 nitrogen and oxygen atoms in total. The van der Waals surface area contributed by atoms with Gasteiger partial charge in [0, 0.05) is 17.1 Å². The van der Waals surface area contributed by atoms with Crippen molar-refractivity contribution < 1.29 is 14.6 Å². The van der Waals surface area contributed by atoms with Gasteiger partial charge < -0.3 is 15.6 Å². The standard InChI is InChI=1S/C11H21NO3S/c1-11(2,9(12)10(13)14)16-7-8-5-3-4-6-15-8/h8-9H,3-7,12H2,1-2H3,(H,13,14)/t8?,9-/m0/s1. The Morgan fingerprint density at radius 2 is 2.31 bits per heavy atom. The quantitative estimate of drug-likeness (QED) is 0.770. The second-order valence-corrected chi connectivity index (χ2v) is 6.39. The molecule has 1 rings (SSSR count). The van der Waals surface area contributed by atoms with Gasteiger partial charge in [-0.25, -0.2) is 0 Å². The minimum Gasteiger partial charge on any atom is -0.480 e. The highest BCUT2D eigenvalue weighted by Gasteiger charge is 2.33. The van der Waals surface area contributed by atoms with Crippen LogP contribution in [0.4, 0.5) is 0 Å². The van der Waals surface area contributed by atoms with Gasteiger partial charge in [0.05, 0.1) is 6.10 Å². The Balaban J connectivity index is 2.37. The molecule has 1 fully saturated rings. The molecule has 0 bridgehead atoms. The lowest BCUT2D eigenvalue weighted by Gasteiger charge is -2.31. The summed E-state index contributed by atoms with van der Waals surface area (Å²) >= 11 is 1.59. The van der Waals surface area contributed by atoms with Gasteiger partial charge >= 0.3 is 5.97 Å². The summed E-state index contributed by atoms with van der Waals surface area (Å²) in [4.78, 5) is 10.8. The van der Waals surface area contributed by atoms with Crippen molar-refractivity contribution in [2.75, 3.05) is 12.4 Å². The number of carboxylic acid groups (broad SMARTS) is 1. The summed E-state index contributed by atoms with van der Waals surface area (Å²) in [5.41, 5.74) is 5.65. The van der Waals surface area contributed by atoms with Gasteiger partial charge in [0.1, 0.15) is 6.04 Å². The van der Waals surface area contributed by atoms with Crippen molar-refractivity contribution in [1.29, 1.82) is 0 Å². The number of hydrogen-bond acceptors (Lipinski definition) is 4. The molecule has 0 saturated carbocycles. The van der Waals surface area contributed by atoms with Gasteiger partial charge in [-0.3, -0.25) is 4.79 Å². The minimum absolute atomic E-state index is 0.263. The van der Waals surface area contributed by atoms with E-state index in [-0.39, 0.29) is 6.10 Å². The lowest BCUT2D eigenvalue weighted by Crippen LogP contribution is -2.47. The van der Waals surface area contributed by atoms with Gasteiger partial charge in [-0.05, 0) is 33.1 Å². The smallest absolute Gasteiger partial charge is 0.321 e. The Bertz CT molecular complexity index is 239. The van der Waals surface area contributed by atoms with E-state index in [4.69, 9.17) is 15.6 Å². The summed E-state index contributed by atoms with van der Waals surface area (Å²) in [6.45, 7) is 4.58. The third-order valence-electron chi connectivity index (χ3n) is 2.93. The Kier molecular flexibility index (Phi) is 5.08. The first-order valence-electron chi connectivity index (χ1n) is 5.67. The van der Waals surface area contributed by atoms with Crippen LogP contribution in [0.1, 0.15) is 33.1 Å². The van der Waals surface area contributed by atoms with Crippen molar-refractivity contribution in [1.82, 2.24) is 0 Å². The summed E-state index contributed by atoms with van der Waals surface area (Å²) < 4.78 is 5.15. The minimum atomic E-state index is -0.943. The summed E-state index contributed by atoms with van der Waals surface area (Å²) in [5.74, 6) is -0.115. The van der Waals surface area contributed by atoms with E-state index in [0.29, 0.717) is 0 Å². The van der Waals surface area contributed by atoms with Gasteiger partial charge in [-0.15, -0.1) is 0 Å². The van der Waals surface area contributed by atoms with Gasteiger partial charge in [-0.1, -0.05) is 0 Å². The van der Waals surface area contributed by atoms with Gasteiger partial charge in [0.15, 0.2) is 0 Å². The molecule has 2 atom stereocenters. The number of hydrogen-bond donors (Lipinski definition) is 2. The molecular weight excluding hydrogens is 226 g/mol. The van der Waals surface area contributed by atoms with Gasteiger partial charge in [0.25, 0.3) is 0 Å². The van der Waals surface area contributed by atoms with Gasteiger partial charge in [0.2, 0.25) is 0 Å². The Morgan fingerprint density at radius 1 is 1.62 bits per heavy atom. The fourth-order valence-electron chi connectivity index (χ4n) is 1.63. The fourth-order valence-corrected chi connectivity index (χ4v) is 2.79. The summed E-state index contributed by atoms with van der Waals surface area (Å²) in [6.07, 6.45) is 3.68. The molecule has 1 heterocycles. The fraction of sp³-hybridized carbons (Fsp3) is 0.909. The number of rotatable bonds is 5. The monoisotopic (exact) mass is 247 g/mol. The molecule has 1 aliphatic heterocycles. The molecule has 5 heteroatoms. The molecule has 1 saturated heterocycles. The van der Waals surface area contributed by atoms with Crippen molar-refractivity contribution in [3.63, 3.8) is 0 Å². The molecule has 16 heavy (non-hydrogen) atoms. The zero-order chi connectivity index (χ0) is 12.2. The normalized spacial score (nSPS) is 24.1. The predicted molar refractivity (Wildman–Crippen MR) is 65.7 cm³/mol. The van der Waals surface area contributed by atoms with Crippen LogP contribution in [0.2, 0.25) is 0 Å². The first-order chi connectivity index (χ1) is 7.43. The van der Waals surface area contributed by atoms with E-state index in [1.807, 2.05) is 13.8 Å². The molecule has 0 radical (unpaired) electrons. The molecular formula is C11H21NO3S. The lowest BCUT2D eigenvalue weighted by molar-refractivity contribution is -0.139. The second kappa shape index (κ2) is 5.89. The average Bonchev–Trinajstić information content (AvgIpc) is 2.27. The Morgan fingerprint density at radius 3 is 2.81 bits per heavy atom. The maximum absolute atomic E-state index is 10.8. The number of carbonyl (C=O) groups is 1. The molecule has 94 valence electrons. The number of ether oxygens (including phenoxy) is 1. The first-order valence-corrected chi connectivity index (χ1v) is 6.66. The predicted octanol–water partition coefficient (Wildman–Crippen LogP) is 1.48. The van der Waals surface area contributed by atoms with E-state index in [0.717, 1.165) is 25.2 Å². The van der Waals surface area contributed by atoms with E-state index in [1.54, 1.807) is 11.8 Å². The molecule has 0 aromatic rings. The molecule has 0 amide bonds. The highest BCUT2D eigenvalue weighted by Crippen LogP contribution is 2.30. The maximum Gasteiger partial charge on any atom is 0.321 e. The van der Waals surface area contributed by atoms with Crippen LogP contribution in [-0.4, -0.2) is 40.3 Å². The third kappa shape index (κ3) is 3.96. The van der Waals surface area contributed by atoms with E-state index in [1.165, 1.54) is 6.42 Å². The zero-order valence-electron chi connectivity index (χ0n) is 9.94. The number of nitrogens with two attached hydrogens (primary N) is 1. The van der Waals surface area contributed by atoms with Crippen LogP contribution in [0, 0.1) is 0 Å². The molecule has 0 aromatic carbocycles. The van der Waals surface area contributed by atoms with E-state index >= 15 is 0 Å². The lowest BCUT2D eigenvalue weighted by atomic mass is 10.1. The molecule has 0 spiro atoms. The molecule has 0 aromatic heterocycles. The Labute approximate surface area is 101 Å². The van der Waals surface area contributed by atoms with Crippen LogP contribution >= 0.6 is 11.8 Å². The highest BCUT2D eigenvalue weighted by atomic mass is 32.2. The van der Waals surface area contributed by atoms with Crippen molar-refractivity contribution in [3.8, 4) is 0 Å². The maximum atomic E-state index is 10.8.